The lowest BCUT2D eigenvalue weighted by atomic mass is 9.91. The fourth-order valence-corrected chi connectivity index (χ4v) is 1.99. The van der Waals surface area contributed by atoms with Crippen molar-refractivity contribution in [1.82, 2.24) is 0 Å². The molecule has 0 saturated heterocycles. The fraction of sp³-hybridized carbons (Fsp3) is 0.455. The van der Waals surface area contributed by atoms with Crippen LogP contribution in [0, 0.1) is 0 Å². The van der Waals surface area contributed by atoms with E-state index in [2.05, 4.69) is 0 Å². The molecule has 88 valence electrons. The summed E-state index contributed by atoms with van der Waals surface area (Å²) in [5.74, 6) is 0.333. The van der Waals surface area contributed by atoms with Crippen molar-refractivity contribution in [2.24, 2.45) is 0 Å². The lowest BCUT2D eigenvalue weighted by Crippen LogP contribution is -2.26. The first kappa shape index (κ1) is 11.4. The highest BCUT2D eigenvalue weighted by Gasteiger charge is 2.24. The van der Waals surface area contributed by atoms with Gasteiger partial charge in [-0.05, 0) is 48.9 Å². The van der Waals surface area contributed by atoms with Crippen molar-refractivity contribution in [1.29, 1.82) is 0 Å². The van der Waals surface area contributed by atoms with Crippen molar-refractivity contribution in [2.45, 2.75) is 25.7 Å². The summed E-state index contributed by atoms with van der Waals surface area (Å²) in [6.07, 6.45) is 4.25. The molecule has 0 aromatic heterocycles. The molecular weight excluding hydrogens is 216 g/mol. The number of aryl methyl sites for hydroxylation is 2. The minimum absolute atomic E-state index is 0.333. The predicted molar refractivity (Wildman–Crippen MR) is 57.7 cm³/mol. The normalized spacial score (nSPS) is 15.7. The molecule has 0 fully saturated rings. The van der Waals surface area contributed by atoms with Crippen LogP contribution in [-0.4, -0.2) is 13.5 Å². The van der Waals surface area contributed by atoms with Gasteiger partial charge in [-0.2, -0.15) is 0 Å². The Hall–Kier alpha value is -1.13. The molecule has 2 rings (SSSR count). The lowest BCUT2D eigenvalue weighted by molar-refractivity contribution is 0.313. The number of fused-ring (bicyclic) bond motifs is 1. The van der Waals surface area contributed by atoms with E-state index in [1.54, 1.807) is 12.1 Å². The lowest BCUT2D eigenvalue weighted by Gasteiger charge is -2.19. The molecule has 1 aromatic carbocycles. The van der Waals surface area contributed by atoms with Crippen LogP contribution in [0.2, 0.25) is 0 Å². The number of rotatable bonds is 3. The summed E-state index contributed by atoms with van der Waals surface area (Å²) in [6.45, 7) is -6.02. The summed E-state index contributed by atoms with van der Waals surface area (Å²) in [7, 11) is 0. The van der Waals surface area contributed by atoms with Crippen molar-refractivity contribution < 1.29 is 17.7 Å². The first-order valence-electron chi connectivity index (χ1n) is 5.50. The highest BCUT2D eigenvalue weighted by molar-refractivity contribution is 6.58. The summed E-state index contributed by atoms with van der Waals surface area (Å²) in [6, 6.07) is 5.26. The molecule has 0 spiro atoms. The van der Waals surface area contributed by atoms with Crippen molar-refractivity contribution in [2.75, 3.05) is 6.51 Å². The van der Waals surface area contributed by atoms with Crippen molar-refractivity contribution in [3.05, 3.63) is 29.3 Å². The third kappa shape index (κ3) is 2.93. The van der Waals surface area contributed by atoms with Crippen LogP contribution in [0.3, 0.4) is 0 Å². The SMILES string of the molecule is F[B-](F)(F)COc1ccc2c(c1)CCCC2. The predicted octanol–water partition coefficient (Wildman–Crippen LogP) is 3.33. The quantitative estimate of drug-likeness (QED) is 0.722. The maximum Gasteiger partial charge on any atom is 0.515 e. The van der Waals surface area contributed by atoms with Gasteiger partial charge in [0.2, 0.25) is 0 Å². The van der Waals surface area contributed by atoms with E-state index in [9.17, 15) is 12.9 Å². The number of hydrogen-bond acceptors (Lipinski definition) is 1. The molecule has 0 aliphatic heterocycles. The van der Waals surface area contributed by atoms with E-state index in [1.165, 1.54) is 12.0 Å². The fourth-order valence-electron chi connectivity index (χ4n) is 1.99. The van der Waals surface area contributed by atoms with Gasteiger partial charge in [-0.15, -0.1) is 0 Å². The van der Waals surface area contributed by atoms with E-state index >= 15 is 0 Å². The van der Waals surface area contributed by atoms with Crippen LogP contribution in [0.5, 0.6) is 5.75 Å². The van der Waals surface area contributed by atoms with Crippen LogP contribution in [0.1, 0.15) is 24.0 Å². The largest absolute Gasteiger partial charge is 0.522 e. The van der Waals surface area contributed by atoms with Crippen LogP contribution >= 0.6 is 0 Å². The Morgan fingerprint density at radius 1 is 1.06 bits per heavy atom. The van der Waals surface area contributed by atoms with Gasteiger partial charge in [0.15, 0.2) is 0 Å². The van der Waals surface area contributed by atoms with Gasteiger partial charge in [0.1, 0.15) is 5.75 Å². The van der Waals surface area contributed by atoms with Gasteiger partial charge in [-0.25, -0.2) is 0 Å². The monoisotopic (exact) mass is 229 g/mol. The molecule has 0 saturated carbocycles. The number of benzene rings is 1. The first-order valence-corrected chi connectivity index (χ1v) is 5.50. The maximum atomic E-state index is 12.0. The second-order valence-electron chi connectivity index (χ2n) is 4.16. The molecule has 0 bridgehead atoms. The number of halogens is 3. The molecule has 1 aromatic rings. The molecule has 0 atom stereocenters. The zero-order valence-electron chi connectivity index (χ0n) is 8.89. The van der Waals surface area contributed by atoms with E-state index in [0.29, 0.717) is 5.75 Å². The number of hydrogen-bond donors (Lipinski definition) is 0. The van der Waals surface area contributed by atoms with Crippen molar-refractivity contribution in [3.8, 4) is 5.75 Å². The third-order valence-electron chi connectivity index (χ3n) is 2.76. The molecule has 0 radical (unpaired) electrons. The van der Waals surface area contributed by atoms with Gasteiger partial charge in [0.05, 0.1) is 6.51 Å². The smallest absolute Gasteiger partial charge is 0.515 e. The Labute approximate surface area is 92.7 Å². The molecule has 1 nitrogen and oxygen atoms in total. The average Bonchev–Trinajstić information content (AvgIpc) is 2.25. The van der Waals surface area contributed by atoms with Gasteiger partial charge < -0.3 is 17.7 Å². The van der Waals surface area contributed by atoms with Crippen LogP contribution in [0.25, 0.3) is 0 Å². The molecule has 1 aliphatic carbocycles. The van der Waals surface area contributed by atoms with Gasteiger partial charge in [-0.3, -0.25) is 0 Å². The summed E-state index contributed by atoms with van der Waals surface area (Å²) in [5, 5.41) is 0. The number of ether oxygens (including phenoxy) is 1. The molecule has 0 heterocycles. The van der Waals surface area contributed by atoms with Crippen molar-refractivity contribution in [3.63, 3.8) is 0 Å². The maximum absolute atomic E-state index is 12.0. The van der Waals surface area contributed by atoms with Gasteiger partial charge in [0.25, 0.3) is 0 Å². The molecule has 0 unspecified atom stereocenters. The average molecular weight is 229 g/mol. The van der Waals surface area contributed by atoms with E-state index in [4.69, 9.17) is 4.74 Å². The van der Waals surface area contributed by atoms with Gasteiger partial charge in [0, 0.05) is 0 Å². The Kier molecular flexibility index (Phi) is 3.12. The van der Waals surface area contributed by atoms with E-state index in [1.807, 2.05) is 6.07 Å². The summed E-state index contributed by atoms with van der Waals surface area (Å²) >= 11 is 0. The Morgan fingerprint density at radius 3 is 2.44 bits per heavy atom. The Morgan fingerprint density at radius 2 is 1.75 bits per heavy atom. The van der Waals surface area contributed by atoms with E-state index < -0.39 is 13.5 Å². The minimum atomic E-state index is -4.87. The zero-order chi connectivity index (χ0) is 11.6. The van der Waals surface area contributed by atoms with Crippen LogP contribution in [0.15, 0.2) is 18.2 Å². The highest BCUT2D eigenvalue weighted by atomic mass is 19.4. The van der Waals surface area contributed by atoms with E-state index in [-0.39, 0.29) is 0 Å². The molecule has 0 amide bonds. The van der Waals surface area contributed by atoms with E-state index in [0.717, 1.165) is 24.8 Å². The Bertz CT molecular complexity index is 376. The first-order chi connectivity index (χ1) is 7.54. The second-order valence-corrected chi connectivity index (χ2v) is 4.16. The third-order valence-corrected chi connectivity index (χ3v) is 2.76. The minimum Gasteiger partial charge on any atom is -0.522 e. The molecule has 0 N–H and O–H groups in total. The van der Waals surface area contributed by atoms with Crippen LogP contribution in [-0.2, 0) is 12.8 Å². The zero-order valence-corrected chi connectivity index (χ0v) is 8.89. The van der Waals surface area contributed by atoms with Gasteiger partial charge in [-0.1, -0.05) is 6.07 Å². The molecular formula is C11H13BF3O-. The van der Waals surface area contributed by atoms with Gasteiger partial charge >= 0.3 is 6.98 Å². The van der Waals surface area contributed by atoms with Crippen molar-refractivity contribution >= 4 is 6.98 Å². The Balaban J connectivity index is 2.06. The molecule has 5 heteroatoms. The molecule has 1 aliphatic rings. The standard InChI is InChI=1S/C11H13BF3O/c13-12(14,15)8-16-11-6-5-9-3-1-2-4-10(9)7-11/h5-7H,1-4,8H2/q-1. The molecule has 16 heavy (non-hydrogen) atoms. The summed E-state index contributed by atoms with van der Waals surface area (Å²) in [5.41, 5.74) is 2.38. The summed E-state index contributed by atoms with van der Waals surface area (Å²) < 4.78 is 40.8. The van der Waals surface area contributed by atoms with Crippen LogP contribution < -0.4 is 4.74 Å². The summed E-state index contributed by atoms with van der Waals surface area (Å²) in [4.78, 5) is 0. The topological polar surface area (TPSA) is 9.23 Å². The highest BCUT2D eigenvalue weighted by Crippen LogP contribution is 2.25. The second kappa shape index (κ2) is 4.40. The van der Waals surface area contributed by atoms with Crippen LogP contribution in [0.4, 0.5) is 12.9 Å².